The minimum Gasteiger partial charge on any atom is -0.326 e. The van der Waals surface area contributed by atoms with Gasteiger partial charge in [0.2, 0.25) is 11.8 Å². The fraction of sp³-hybridized carbons (Fsp3) is 0.300. The Morgan fingerprint density at radius 3 is 2.48 bits per heavy atom. The second kappa shape index (κ2) is 8.42. The van der Waals surface area contributed by atoms with Crippen LogP contribution in [0.2, 0.25) is 0 Å². The third-order valence-electron chi connectivity index (χ3n) is 4.09. The molecule has 0 aliphatic heterocycles. The van der Waals surface area contributed by atoms with Crippen LogP contribution in [-0.2, 0) is 16.0 Å². The van der Waals surface area contributed by atoms with Crippen molar-refractivity contribution in [1.29, 1.82) is 0 Å². The van der Waals surface area contributed by atoms with Crippen molar-refractivity contribution < 1.29 is 14.0 Å². The summed E-state index contributed by atoms with van der Waals surface area (Å²) in [5, 5.41) is 2.92. The summed E-state index contributed by atoms with van der Waals surface area (Å²) in [6.07, 6.45) is 0.900. The molecule has 2 amide bonds. The van der Waals surface area contributed by atoms with Crippen molar-refractivity contribution in [1.82, 2.24) is 0 Å². The molecule has 2 aromatic rings. The monoisotopic (exact) mass is 342 g/mol. The molecule has 4 nitrogen and oxygen atoms in total. The average molecular weight is 342 g/mol. The van der Waals surface area contributed by atoms with Crippen molar-refractivity contribution in [3.8, 4) is 0 Å². The van der Waals surface area contributed by atoms with Gasteiger partial charge in [-0.2, -0.15) is 0 Å². The zero-order chi connectivity index (χ0) is 18.4. The van der Waals surface area contributed by atoms with Crippen LogP contribution in [0.25, 0.3) is 0 Å². The van der Waals surface area contributed by atoms with Crippen LogP contribution in [0.5, 0.6) is 0 Å². The van der Waals surface area contributed by atoms with E-state index in [9.17, 15) is 14.0 Å². The van der Waals surface area contributed by atoms with Crippen LogP contribution < -0.4 is 10.2 Å². The van der Waals surface area contributed by atoms with Crippen molar-refractivity contribution in [3.05, 3.63) is 59.4 Å². The first-order chi connectivity index (χ1) is 11.9. The van der Waals surface area contributed by atoms with Gasteiger partial charge in [0, 0.05) is 25.6 Å². The summed E-state index contributed by atoms with van der Waals surface area (Å²) in [6.45, 7) is 5.45. The van der Waals surface area contributed by atoms with Gasteiger partial charge < -0.3 is 10.2 Å². The van der Waals surface area contributed by atoms with E-state index in [4.69, 9.17) is 0 Å². The Balaban J connectivity index is 2.08. The van der Waals surface area contributed by atoms with E-state index in [0.717, 1.165) is 23.2 Å². The van der Waals surface area contributed by atoms with Crippen molar-refractivity contribution in [2.45, 2.75) is 33.6 Å². The Bertz CT molecular complexity index is 774. The fourth-order valence-electron chi connectivity index (χ4n) is 2.74. The molecule has 0 bridgehead atoms. The summed E-state index contributed by atoms with van der Waals surface area (Å²) >= 11 is 0. The van der Waals surface area contributed by atoms with E-state index in [1.807, 2.05) is 32.0 Å². The minimum atomic E-state index is -0.481. The topological polar surface area (TPSA) is 49.4 Å². The number of nitrogens with zero attached hydrogens (tertiary/aromatic N) is 1. The second-order valence-corrected chi connectivity index (χ2v) is 5.88. The normalized spacial score (nSPS) is 10.4. The van der Waals surface area contributed by atoms with Crippen LogP contribution in [0.15, 0.2) is 42.5 Å². The minimum absolute atomic E-state index is 0.0887. The highest BCUT2D eigenvalue weighted by Crippen LogP contribution is 2.22. The van der Waals surface area contributed by atoms with Crippen molar-refractivity contribution in [2.24, 2.45) is 0 Å². The van der Waals surface area contributed by atoms with Crippen LogP contribution >= 0.6 is 0 Å². The Labute approximate surface area is 147 Å². The number of amides is 2. The van der Waals surface area contributed by atoms with E-state index in [1.54, 1.807) is 12.1 Å². The van der Waals surface area contributed by atoms with Gasteiger partial charge in [-0.1, -0.05) is 37.3 Å². The largest absolute Gasteiger partial charge is 0.326 e. The smallest absolute Gasteiger partial charge is 0.226 e. The molecule has 5 heteroatoms. The molecule has 0 radical (unpaired) electrons. The molecule has 0 fully saturated rings. The summed E-state index contributed by atoms with van der Waals surface area (Å²) in [4.78, 5) is 25.5. The maximum Gasteiger partial charge on any atom is 0.226 e. The predicted molar refractivity (Wildman–Crippen MR) is 98.2 cm³/mol. The Morgan fingerprint density at radius 2 is 1.84 bits per heavy atom. The summed E-state index contributed by atoms with van der Waals surface area (Å²) in [5.74, 6) is -0.986. The van der Waals surface area contributed by atoms with Crippen LogP contribution in [0, 0.1) is 12.7 Å². The summed E-state index contributed by atoms with van der Waals surface area (Å²) < 4.78 is 13.9. The molecule has 0 saturated carbocycles. The molecule has 0 saturated heterocycles. The lowest BCUT2D eigenvalue weighted by Crippen LogP contribution is -2.32. The maximum atomic E-state index is 13.9. The van der Waals surface area contributed by atoms with E-state index in [1.165, 1.54) is 24.0 Å². The van der Waals surface area contributed by atoms with Crippen molar-refractivity contribution >= 4 is 23.2 Å². The van der Waals surface area contributed by atoms with E-state index in [2.05, 4.69) is 5.32 Å². The van der Waals surface area contributed by atoms with Gasteiger partial charge in [0.1, 0.15) is 5.82 Å². The van der Waals surface area contributed by atoms with Crippen molar-refractivity contribution in [2.75, 3.05) is 16.8 Å². The van der Waals surface area contributed by atoms with E-state index in [-0.39, 0.29) is 30.5 Å². The third-order valence-corrected chi connectivity index (χ3v) is 4.09. The average Bonchev–Trinajstić information content (AvgIpc) is 2.58. The lowest BCUT2D eigenvalue weighted by atomic mass is 10.1. The summed E-state index contributed by atoms with van der Waals surface area (Å²) in [7, 11) is 0. The molecular formula is C20H23FN2O2. The van der Waals surface area contributed by atoms with Gasteiger partial charge >= 0.3 is 0 Å². The molecule has 1 N–H and O–H groups in total. The Kier molecular flexibility index (Phi) is 6.28. The SMILES string of the molecule is CCc1cccc(C)c1NC(=O)CCN(C(C)=O)c1ccccc1F. The summed E-state index contributed by atoms with van der Waals surface area (Å²) in [5.41, 5.74) is 3.05. The van der Waals surface area contributed by atoms with Gasteiger partial charge in [0.15, 0.2) is 0 Å². The number of aryl methyl sites for hydroxylation is 2. The third kappa shape index (κ3) is 4.66. The molecule has 2 aromatic carbocycles. The van der Waals surface area contributed by atoms with E-state index < -0.39 is 5.82 Å². The molecule has 0 heterocycles. The number of halogens is 1. The van der Waals surface area contributed by atoms with Crippen LogP contribution in [-0.4, -0.2) is 18.4 Å². The quantitative estimate of drug-likeness (QED) is 0.860. The second-order valence-electron chi connectivity index (χ2n) is 5.88. The molecular weight excluding hydrogens is 319 g/mol. The highest BCUT2D eigenvalue weighted by Gasteiger charge is 2.17. The van der Waals surface area contributed by atoms with Gasteiger partial charge in [-0.15, -0.1) is 0 Å². The molecule has 0 aliphatic carbocycles. The van der Waals surface area contributed by atoms with E-state index >= 15 is 0 Å². The number of hydrogen-bond acceptors (Lipinski definition) is 2. The Morgan fingerprint density at radius 1 is 1.12 bits per heavy atom. The predicted octanol–water partition coefficient (Wildman–Crippen LogP) is 4.08. The first-order valence-corrected chi connectivity index (χ1v) is 8.35. The van der Waals surface area contributed by atoms with Gasteiger partial charge in [-0.3, -0.25) is 9.59 Å². The lowest BCUT2D eigenvalue weighted by Gasteiger charge is -2.21. The molecule has 0 aromatic heterocycles. The molecule has 0 atom stereocenters. The lowest BCUT2D eigenvalue weighted by molar-refractivity contribution is -0.117. The van der Waals surface area contributed by atoms with Gasteiger partial charge in [-0.05, 0) is 36.6 Å². The summed E-state index contributed by atoms with van der Waals surface area (Å²) in [6, 6.07) is 11.9. The van der Waals surface area contributed by atoms with Crippen LogP contribution in [0.1, 0.15) is 31.4 Å². The van der Waals surface area contributed by atoms with Crippen LogP contribution in [0.3, 0.4) is 0 Å². The first-order valence-electron chi connectivity index (χ1n) is 8.35. The van der Waals surface area contributed by atoms with Gasteiger partial charge in [-0.25, -0.2) is 4.39 Å². The standard InChI is InChI=1S/C20H23FN2O2/c1-4-16-9-7-8-14(2)20(16)22-19(25)12-13-23(15(3)24)18-11-6-5-10-17(18)21/h5-11H,4,12-13H2,1-3H3,(H,22,25). The van der Waals surface area contributed by atoms with E-state index in [0.29, 0.717) is 0 Å². The number of anilines is 2. The number of benzene rings is 2. The van der Waals surface area contributed by atoms with Gasteiger partial charge in [0.05, 0.1) is 5.69 Å². The molecule has 0 spiro atoms. The molecule has 25 heavy (non-hydrogen) atoms. The Hall–Kier alpha value is -2.69. The highest BCUT2D eigenvalue weighted by molar-refractivity contribution is 5.95. The highest BCUT2D eigenvalue weighted by atomic mass is 19.1. The number of nitrogens with one attached hydrogen (secondary N) is 1. The number of carbonyl (C=O) groups is 2. The first kappa shape index (κ1) is 18.6. The van der Waals surface area contributed by atoms with Crippen LogP contribution in [0.4, 0.5) is 15.8 Å². The van der Waals surface area contributed by atoms with Crippen molar-refractivity contribution in [3.63, 3.8) is 0 Å². The molecule has 2 rings (SSSR count). The zero-order valence-corrected chi connectivity index (χ0v) is 14.8. The molecule has 132 valence electrons. The number of rotatable bonds is 6. The van der Waals surface area contributed by atoms with Gasteiger partial charge in [0.25, 0.3) is 0 Å². The molecule has 0 unspecified atom stereocenters. The maximum absolute atomic E-state index is 13.9. The number of hydrogen-bond donors (Lipinski definition) is 1. The number of para-hydroxylation sites is 2. The fourth-order valence-corrected chi connectivity index (χ4v) is 2.74. The molecule has 0 aliphatic rings. The zero-order valence-electron chi connectivity index (χ0n) is 14.8. The number of carbonyl (C=O) groups excluding carboxylic acids is 2.